The molecular formula is C20H25NO4S. The van der Waals surface area contributed by atoms with Crippen LogP contribution in [0.1, 0.15) is 26.3 Å². The molecule has 2 aromatic carbocycles. The van der Waals surface area contributed by atoms with Crippen LogP contribution in [0.4, 0.5) is 5.69 Å². The Balaban J connectivity index is 2.07. The molecule has 1 saturated heterocycles. The first-order valence-corrected chi connectivity index (χ1v) is 10.1. The molecule has 0 bridgehead atoms. The highest BCUT2D eigenvalue weighted by molar-refractivity contribution is 7.92. The Labute approximate surface area is 155 Å². The van der Waals surface area contributed by atoms with E-state index in [9.17, 15) is 8.42 Å². The molecule has 3 rings (SSSR count). The highest BCUT2D eigenvalue weighted by Gasteiger charge is 2.32. The molecule has 5 nitrogen and oxygen atoms in total. The van der Waals surface area contributed by atoms with Gasteiger partial charge in [0.05, 0.1) is 12.3 Å². The van der Waals surface area contributed by atoms with Crippen LogP contribution in [-0.2, 0) is 20.2 Å². The van der Waals surface area contributed by atoms with Crippen molar-refractivity contribution in [1.82, 2.24) is 0 Å². The second-order valence-corrected chi connectivity index (χ2v) is 9.39. The zero-order valence-electron chi connectivity index (χ0n) is 15.6. The van der Waals surface area contributed by atoms with Gasteiger partial charge in [-0.2, -0.15) is 0 Å². The molecule has 0 spiro atoms. The number of sulfonamides is 1. The third kappa shape index (κ3) is 3.86. The molecule has 140 valence electrons. The van der Waals surface area contributed by atoms with E-state index in [2.05, 4.69) is 0 Å². The first kappa shape index (κ1) is 18.7. The number of para-hydroxylation sites is 2. The number of benzene rings is 2. The van der Waals surface area contributed by atoms with E-state index in [0.717, 1.165) is 5.56 Å². The van der Waals surface area contributed by atoms with Crippen molar-refractivity contribution in [2.75, 3.05) is 24.6 Å². The first-order valence-electron chi connectivity index (χ1n) is 8.63. The molecule has 0 aromatic heterocycles. The van der Waals surface area contributed by atoms with E-state index in [-0.39, 0.29) is 16.4 Å². The van der Waals surface area contributed by atoms with Gasteiger partial charge in [0.2, 0.25) is 0 Å². The molecule has 1 heterocycles. The Morgan fingerprint density at radius 3 is 2.35 bits per heavy atom. The van der Waals surface area contributed by atoms with Gasteiger partial charge in [-0.15, -0.1) is 0 Å². The number of ether oxygens (including phenoxy) is 2. The van der Waals surface area contributed by atoms with Crippen molar-refractivity contribution in [2.45, 2.75) is 37.2 Å². The highest BCUT2D eigenvalue weighted by atomic mass is 32.2. The fraction of sp³-hybridized carbons (Fsp3) is 0.400. The van der Waals surface area contributed by atoms with Gasteiger partial charge in [-0.05, 0) is 23.6 Å². The average molecular weight is 375 g/mol. The summed E-state index contributed by atoms with van der Waals surface area (Å²) >= 11 is 0. The fourth-order valence-electron chi connectivity index (χ4n) is 2.72. The van der Waals surface area contributed by atoms with Gasteiger partial charge in [-0.25, -0.2) is 8.42 Å². The number of epoxide rings is 1. The maximum Gasteiger partial charge on any atom is 0.267 e. The van der Waals surface area contributed by atoms with Crippen LogP contribution < -0.4 is 9.04 Å². The molecule has 6 heteroatoms. The van der Waals surface area contributed by atoms with Gasteiger partial charge in [0.25, 0.3) is 10.0 Å². The monoisotopic (exact) mass is 375 g/mol. The summed E-state index contributed by atoms with van der Waals surface area (Å²) in [6, 6.07) is 14.3. The summed E-state index contributed by atoms with van der Waals surface area (Å²) in [5.41, 5.74) is 1.21. The summed E-state index contributed by atoms with van der Waals surface area (Å²) in [6.45, 7) is 7.13. The topological polar surface area (TPSA) is 59.1 Å². The summed E-state index contributed by atoms with van der Waals surface area (Å²) in [7, 11) is -2.21. The molecule has 0 amide bonds. The van der Waals surface area contributed by atoms with Crippen LogP contribution in [0.25, 0.3) is 0 Å². The summed E-state index contributed by atoms with van der Waals surface area (Å²) in [5.74, 6) is 0.415. The first-order chi connectivity index (χ1) is 12.2. The Hall–Kier alpha value is -2.05. The summed E-state index contributed by atoms with van der Waals surface area (Å²) in [6.07, 6.45) is 0.0467. The lowest BCUT2D eigenvalue weighted by Crippen LogP contribution is -2.28. The molecule has 1 aliphatic rings. The molecule has 0 radical (unpaired) electrons. The molecular weight excluding hydrogens is 350 g/mol. The van der Waals surface area contributed by atoms with E-state index in [1.54, 1.807) is 31.3 Å². The number of nitrogens with zero attached hydrogens (tertiary/aromatic N) is 1. The van der Waals surface area contributed by atoms with E-state index in [1.165, 1.54) is 4.31 Å². The second-order valence-electron chi connectivity index (χ2n) is 7.46. The molecule has 0 saturated carbocycles. The quantitative estimate of drug-likeness (QED) is 0.724. The van der Waals surface area contributed by atoms with E-state index < -0.39 is 10.0 Å². The van der Waals surface area contributed by atoms with Crippen molar-refractivity contribution in [1.29, 1.82) is 0 Å². The Kier molecular flexibility index (Phi) is 4.99. The lowest BCUT2D eigenvalue weighted by molar-refractivity contribution is 0.253. The van der Waals surface area contributed by atoms with Crippen molar-refractivity contribution in [3.63, 3.8) is 0 Å². The standard InChI is InChI=1S/C20H25NO4S/c1-20(2,3)17-11-8-12-18(19(17)25-14-16-13-24-16)26(22,23)21(4)15-9-6-5-7-10-15/h5-12,16H,13-14H2,1-4H3. The van der Waals surface area contributed by atoms with Crippen LogP contribution in [-0.4, -0.2) is 34.8 Å². The second kappa shape index (κ2) is 6.93. The smallest absolute Gasteiger partial charge is 0.267 e. The predicted octanol–water partition coefficient (Wildman–Crippen LogP) is 3.59. The third-order valence-electron chi connectivity index (χ3n) is 4.36. The predicted molar refractivity (Wildman–Crippen MR) is 102 cm³/mol. The van der Waals surface area contributed by atoms with Crippen molar-refractivity contribution in [3.05, 3.63) is 54.1 Å². The van der Waals surface area contributed by atoms with Crippen LogP contribution in [0, 0.1) is 0 Å². The number of hydrogen-bond donors (Lipinski definition) is 0. The van der Waals surface area contributed by atoms with Gasteiger partial charge in [0.15, 0.2) is 0 Å². The molecule has 2 aromatic rings. The van der Waals surface area contributed by atoms with Crippen LogP contribution in [0.15, 0.2) is 53.4 Å². The molecule has 26 heavy (non-hydrogen) atoms. The summed E-state index contributed by atoms with van der Waals surface area (Å²) < 4.78 is 39.1. The van der Waals surface area contributed by atoms with Gasteiger partial charge < -0.3 is 9.47 Å². The largest absolute Gasteiger partial charge is 0.489 e. The van der Waals surface area contributed by atoms with E-state index >= 15 is 0 Å². The van der Waals surface area contributed by atoms with Crippen LogP contribution in [0.5, 0.6) is 5.75 Å². The van der Waals surface area contributed by atoms with Crippen LogP contribution >= 0.6 is 0 Å². The minimum Gasteiger partial charge on any atom is -0.489 e. The minimum atomic E-state index is -3.77. The lowest BCUT2D eigenvalue weighted by atomic mass is 9.86. The van der Waals surface area contributed by atoms with E-state index in [0.29, 0.717) is 24.7 Å². The zero-order valence-corrected chi connectivity index (χ0v) is 16.4. The van der Waals surface area contributed by atoms with Crippen molar-refractivity contribution in [3.8, 4) is 5.75 Å². The Morgan fingerprint density at radius 2 is 1.77 bits per heavy atom. The minimum absolute atomic E-state index is 0.0467. The highest BCUT2D eigenvalue weighted by Crippen LogP contribution is 2.38. The van der Waals surface area contributed by atoms with Gasteiger partial charge in [0.1, 0.15) is 23.4 Å². The molecule has 1 unspecified atom stereocenters. The summed E-state index contributed by atoms with van der Waals surface area (Å²) in [4.78, 5) is 0.178. The van der Waals surface area contributed by atoms with Gasteiger partial charge in [-0.3, -0.25) is 4.31 Å². The molecule has 1 fully saturated rings. The van der Waals surface area contributed by atoms with Gasteiger partial charge in [0, 0.05) is 12.6 Å². The number of anilines is 1. The molecule has 1 atom stereocenters. The summed E-state index contributed by atoms with van der Waals surface area (Å²) in [5, 5.41) is 0. The van der Waals surface area contributed by atoms with Crippen LogP contribution in [0.3, 0.4) is 0 Å². The normalized spacial score (nSPS) is 17.0. The maximum absolute atomic E-state index is 13.3. The van der Waals surface area contributed by atoms with E-state index in [1.807, 2.05) is 45.0 Å². The molecule has 1 aliphatic heterocycles. The SMILES string of the molecule is CN(c1ccccc1)S(=O)(=O)c1cccc(C(C)(C)C)c1OCC1CO1. The van der Waals surface area contributed by atoms with Crippen molar-refractivity contribution in [2.24, 2.45) is 0 Å². The van der Waals surface area contributed by atoms with Gasteiger partial charge >= 0.3 is 0 Å². The van der Waals surface area contributed by atoms with Crippen molar-refractivity contribution < 1.29 is 17.9 Å². The van der Waals surface area contributed by atoms with Crippen molar-refractivity contribution >= 4 is 15.7 Å². The average Bonchev–Trinajstić information content (AvgIpc) is 3.43. The third-order valence-corrected chi connectivity index (χ3v) is 6.17. The van der Waals surface area contributed by atoms with Crippen LogP contribution in [0.2, 0.25) is 0 Å². The fourth-order valence-corrected chi connectivity index (χ4v) is 4.07. The van der Waals surface area contributed by atoms with Gasteiger partial charge in [-0.1, -0.05) is 51.1 Å². The number of hydrogen-bond acceptors (Lipinski definition) is 4. The molecule has 0 aliphatic carbocycles. The lowest BCUT2D eigenvalue weighted by Gasteiger charge is -2.26. The Morgan fingerprint density at radius 1 is 1.12 bits per heavy atom. The van der Waals surface area contributed by atoms with E-state index in [4.69, 9.17) is 9.47 Å². The Bertz CT molecular complexity index is 868. The zero-order chi connectivity index (χ0) is 18.9. The number of rotatable bonds is 6. The maximum atomic E-state index is 13.3. The molecule has 0 N–H and O–H groups in total.